The predicted octanol–water partition coefficient (Wildman–Crippen LogP) is 2.40. The van der Waals surface area contributed by atoms with Gasteiger partial charge in [0.2, 0.25) is 5.28 Å². The Kier molecular flexibility index (Phi) is 3.29. The van der Waals surface area contributed by atoms with E-state index >= 15 is 0 Å². The highest BCUT2D eigenvalue weighted by Gasteiger charge is 2.28. The van der Waals surface area contributed by atoms with Crippen LogP contribution in [0.25, 0.3) is 0 Å². The van der Waals surface area contributed by atoms with Crippen LogP contribution in [0.15, 0.2) is 18.3 Å². The molecule has 2 heterocycles. The molecule has 0 amide bonds. The van der Waals surface area contributed by atoms with Crippen molar-refractivity contribution in [3.8, 4) is 6.01 Å². The normalized spacial score (nSPS) is 17.3. The van der Waals surface area contributed by atoms with E-state index in [2.05, 4.69) is 26.0 Å². The molecule has 2 aromatic heterocycles. The maximum Gasteiger partial charge on any atom is 0.320 e. The minimum Gasteiger partial charge on any atom is -0.464 e. The van der Waals surface area contributed by atoms with Crippen LogP contribution in [0.3, 0.4) is 0 Å². The van der Waals surface area contributed by atoms with Crippen molar-refractivity contribution in [2.75, 3.05) is 6.61 Å². The molecule has 0 aliphatic heterocycles. The van der Waals surface area contributed by atoms with E-state index in [0.717, 1.165) is 18.5 Å². The molecule has 1 atom stereocenters. The number of halogens is 1. The Balaban J connectivity index is 1.99. The van der Waals surface area contributed by atoms with Crippen molar-refractivity contribution < 1.29 is 4.74 Å². The highest BCUT2D eigenvalue weighted by molar-refractivity contribution is 6.28. The van der Waals surface area contributed by atoms with Gasteiger partial charge in [0.05, 0.1) is 18.2 Å². The number of aryl methyl sites for hydroxylation is 1. The van der Waals surface area contributed by atoms with E-state index in [1.807, 2.05) is 13.0 Å². The van der Waals surface area contributed by atoms with Crippen molar-refractivity contribution in [1.29, 1.82) is 0 Å². The maximum atomic E-state index is 5.93. The lowest BCUT2D eigenvalue weighted by Crippen LogP contribution is -2.08. The topological polar surface area (TPSA) is 60.8 Å². The summed E-state index contributed by atoms with van der Waals surface area (Å²) in [5.41, 5.74) is 2.29. The van der Waals surface area contributed by atoms with Crippen LogP contribution < -0.4 is 4.74 Å². The van der Waals surface area contributed by atoms with Crippen LogP contribution in [0.5, 0.6) is 6.01 Å². The summed E-state index contributed by atoms with van der Waals surface area (Å²) < 4.78 is 5.31. The number of rotatable bonds is 3. The molecule has 0 fully saturated rings. The second kappa shape index (κ2) is 5.09. The van der Waals surface area contributed by atoms with Crippen LogP contribution in [0.2, 0.25) is 5.28 Å². The second-order valence-electron chi connectivity index (χ2n) is 4.32. The van der Waals surface area contributed by atoms with Crippen LogP contribution in [-0.4, -0.2) is 26.5 Å². The number of hydrogen-bond acceptors (Lipinski definition) is 5. The molecule has 19 heavy (non-hydrogen) atoms. The van der Waals surface area contributed by atoms with E-state index in [1.165, 1.54) is 5.56 Å². The van der Waals surface area contributed by atoms with Crippen molar-refractivity contribution in [3.63, 3.8) is 0 Å². The third-order valence-electron chi connectivity index (χ3n) is 3.15. The van der Waals surface area contributed by atoms with Gasteiger partial charge in [0.15, 0.2) is 0 Å². The Labute approximate surface area is 116 Å². The van der Waals surface area contributed by atoms with E-state index < -0.39 is 0 Å². The fraction of sp³-hybridized carbons (Fsp3) is 0.385. The van der Waals surface area contributed by atoms with E-state index in [4.69, 9.17) is 16.3 Å². The fourth-order valence-corrected chi connectivity index (χ4v) is 2.52. The minimum absolute atomic E-state index is 0.0795. The van der Waals surface area contributed by atoms with Gasteiger partial charge in [0.1, 0.15) is 5.82 Å². The molecular formula is C13H13ClN4O. The summed E-state index contributed by atoms with van der Waals surface area (Å²) >= 11 is 5.93. The van der Waals surface area contributed by atoms with Crippen molar-refractivity contribution in [3.05, 3.63) is 40.7 Å². The monoisotopic (exact) mass is 276 g/mol. The first-order valence-corrected chi connectivity index (χ1v) is 6.63. The molecule has 0 saturated carbocycles. The first-order chi connectivity index (χ1) is 9.28. The number of aromatic nitrogens is 4. The first kappa shape index (κ1) is 12.3. The lowest BCUT2D eigenvalue weighted by atomic mass is 10.1. The Morgan fingerprint density at radius 2 is 2.26 bits per heavy atom. The van der Waals surface area contributed by atoms with Crippen LogP contribution in [-0.2, 0) is 6.42 Å². The van der Waals surface area contributed by atoms with Gasteiger partial charge in [-0.25, -0.2) is 4.98 Å². The number of pyridine rings is 1. The number of fused-ring (bicyclic) bond motifs is 1. The Morgan fingerprint density at radius 1 is 1.37 bits per heavy atom. The highest BCUT2D eigenvalue weighted by Crippen LogP contribution is 2.35. The van der Waals surface area contributed by atoms with Crippen molar-refractivity contribution in [1.82, 2.24) is 19.9 Å². The lowest BCUT2D eigenvalue weighted by Gasteiger charge is -2.10. The summed E-state index contributed by atoms with van der Waals surface area (Å²) in [4.78, 5) is 16.9. The lowest BCUT2D eigenvalue weighted by molar-refractivity contribution is 0.309. The molecule has 0 bridgehead atoms. The van der Waals surface area contributed by atoms with E-state index in [1.54, 1.807) is 6.20 Å². The highest BCUT2D eigenvalue weighted by atomic mass is 35.5. The Bertz CT molecular complexity index is 605. The predicted molar refractivity (Wildman–Crippen MR) is 70.4 cm³/mol. The molecular weight excluding hydrogens is 264 g/mol. The molecule has 0 spiro atoms. The molecule has 6 heteroatoms. The van der Waals surface area contributed by atoms with E-state index in [-0.39, 0.29) is 17.2 Å². The fourth-order valence-electron chi connectivity index (χ4n) is 2.36. The van der Waals surface area contributed by atoms with Gasteiger partial charge in [-0.15, -0.1) is 0 Å². The molecule has 1 unspecified atom stereocenters. The van der Waals surface area contributed by atoms with Gasteiger partial charge in [-0.2, -0.15) is 9.97 Å². The van der Waals surface area contributed by atoms with Gasteiger partial charge < -0.3 is 4.74 Å². The molecule has 3 rings (SSSR count). The zero-order chi connectivity index (χ0) is 13.2. The second-order valence-corrected chi connectivity index (χ2v) is 4.66. The van der Waals surface area contributed by atoms with Crippen molar-refractivity contribution in [2.45, 2.75) is 25.7 Å². The van der Waals surface area contributed by atoms with Crippen LogP contribution in [0, 0.1) is 0 Å². The Morgan fingerprint density at radius 3 is 3.11 bits per heavy atom. The maximum absolute atomic E-state index is 5.93. The molecule has 0 N–H and O–H groups in total. The summed E-state index contributed by atoms with van der Waals surface area (Å²) in [6, 6.07) is 4.32. The van der Waals surface area contributed by atoms with Gasteiger partial charge in [-0.1, -0.05) is 6.07 Å². The number of nitrogens with zero attached hydrogens (tertiary/aromatic N) is 4. The minimum atomic E-state index is 0.0795. The zero-order valence-electron chi connectivity index (χ0n) is 10.5. The van der Waals surface area contributed by atoms with Gasteiger partial charge >= 0.3 is 6.01 Å². The molecule has 98 valence electrons. The smallest absolute Gasteiger partial charge is 0.320 e. The molecule has 0 aromatic carbocycles. The van der Waals surface area contributed by atoms with Gasteiger partial charge in [-0.3, -0.25) is 4.98 Å². The third-order valence-corrected chi connectivity index (χ3v) is 3.32. The van der Waals surface area contributed by atoms with Gasteiger partial charge in [-0.05, 0) is 43.0 Å². The van der Waals surface area contributed by atoms with Crippen LogP contribution >= 0.6 is 11.6 Å². The van der Waals surface area contributed by atoms with Gasteiger partial charge in [0, 0.05) is 6.20 Å². The van der Waals surface area contributed by atoms with E-state index in [9.17, 15) is 0 Å². The molecule has 1 aliphatic carbocycles. The summed E-state index contributed by atoms with van der Waals surface area (Å²) in [5, 5.41) is 0.165. The SMILES string of the molecule is CCOc1nc(Cl)nc(C2CCc3cccnc32)n1. The van der Waals surface area contributed by atoms with Crippen LogP contribution in [0.1, 0.15) is 36.3 Å². The zero-order valence-corrected chi connectivity index (χ0v) is 11.3. The average Bonchev–Trinajstić information content (AvgIpc) is 2.82. The third kappa shape index (κ3) is 2.38. The summed E-state index contributed by atoms with van der Waals surface area (Å²) in [5.74, 6) is 0.719. The number of ether oxygens (including phenoxy) is 1. The summed E-state index contributed by atoms with van der Waals surface area (Å²) in [7, 11) is 0. The standard InChI is InChI=1S/C13H13ClN4O/c1-2-19-13-17-11(16-12(14)18-13)9-6-5-8-4-3-7-15-10(8)9/h3-4,7,9H,2,5-6H2,1H3. The Hall–Kier alpha value is -1.75. The molecule has 2 aromatic rings. The largest absolute Gasteiger partial charge is 0.464 e. The quantitative estimate of drug-likeness (QED) is 0.861. The van der Waals surface area contributed by atoms with Crippen molar-refractivity contribution >= 4 is 11.6 Å². The van der Waals surface area contributed by atoms with Crippen LogP contribution in [0.4, 0.5) is 0 Å². The molecule has 5 nitrogen and oxygen atoms in total. The summed E-state index contributed by atoms with van der Waals surface area (Å²) in [6.07, 6.45) is 3.72. The molecule has 1 aliphatic rings. The number of hydrogen-bond donors (Lipinski definition) is 0. The first-order valence-electron chi connectivity index (χ1n) is 6.26. The van der Waals surface area contributed by atoms with E-state index in [0.29, 0.717) is 12.4 Å². The van der Waals surface area contributed by atoms with Gasteiger partial charge in [0.25, 0.3) is 0 Å². The summed E-state index contributed by atoms with van der Waals surface area (Å²) in [6.45, 7) is 2.38. The van der Waals surface area contributed by atoms with Crippen molar-refractivity contribution in [2.24, 2.45) is 0 Å². The molecule has 0 saturated heterocycles. The molecule has 0 radical (unpaired) electrons. The average molecular weight is 277 g/mol.